The first kappa shape index (κ1) is 17.8. The van der Waals surface area contributed by atoms with E-state index in [-0.39, 0.29) is 25.3 Å². The van der Waals surface area contributed by atoms with Gasteiger partial charge in [0.25, 0.3) is 0 Å². The molecule has 22 heavy (non-hydrogen) atoms. The number of urea groups is 1. The molecular weight excluding hydrogens is 306 g/mol. The average molecular weight is 325 g/mol. The summed E-state index contributed by atoms with van der Waals surface area (Å²) in [6.45, 7) is 0.287. The number of anilines is 1. The summed E-state index contributed by atoms with van der Waals surface area (Å²) in [5.41, 5.74) is 5.72. The maximum atomic E-state index is 11.7. The molecule has 1 aromatic carbocycles. The number of hydrogen-bond donors (Lipinski definition) is 4. The van der Waals surface area contributed by atoms with E-state index < -0.39 is 12.0 Å². The molecule has 1 aromatic rings. The summed E-state index contributed by atoms with van der Waals surface area (Å²) in [4.78, 5) is 33.7. The van der Waals surface area contributed by atoms with Crippen molar-refractivity contribution in [2.75, 3.05) is 17.6 Å². The van der Waals surface area contributed by atoms with Gasteiger partial charge in [-0.05, 0) is 18.6 Å². The topological polar surface area (TPSA) is 122 Å². The van der Waals surface area contributed by atoms with Gasteiger partial charge in [0, 0.05) is 30.0 Å². The predicted molar refractivity (Wildman–Crippen MR) is 84.9 cm³/mol. The standard InChI is InChI=1S/C14H19N3O4S/c15-12(18)7-9-22-11-5-2-1-4-10(11)17-14(21)16-8-3-6-13(19)20/h1-2,4-5H,3,6-9H2,(H2,15,18)(H,19,20)(H2,16,17,21). The van der Waals surface area contributed by atoms with E-state index in [1.54, 1.807) is 12.1 Å². The Morgan fingerprint density at radius 3 is 2.59 bits per heavy atom. The van der Waals surface area contributed by atoms with Crippen LogP contribution >= 0.6 is 11.8 Å². The number of hydrogen-bond acceptors (Lipinski definition) is 4. The van der Waals surface area contributed by atoms with E-state index in [9.17, 15) is 14.4 Å². The van der Waals surface area contributed by atoms with Gasteiger partial charge in [-0.25, -0.2) is 4.79 Å². The molecule has 5 N–H and O–H groups in total. The number of carboxylic acid groups (broad SMARTS) is 1. The summed E-state index contributed by atoms with van der Waals surface area (Å²) < 4.78 is 0. The van der Waals surface area contributed by atoms with Crippen molar-refractivity contribution >= 4 is 35.4 Å². The Bertz CT molecular complexity index is 537. The molecule has 0 aliphatic rings. The molecular formula is C14H19N3O4S. The van der Waals surface area contributed by atoms with Crippen molar-refractivity contribution in [3.63, 3.8) is 0 Å². The first-order chi connectivity index (χ1) is 10.5. The molecule has 0 atom stereocenters. The molecule has 0 heterocycles. The SMILES string of the molecule is NC(=O)CCSc1ccccc1NC(=O)NCCCC(=O)O. The van der Waals surface area contributed by atoms with Crippen molar-refractivity contribution in [3.8, 4) is 0 Å². The summed E-state index contributed by atoms with van der Waals surface area (Å²) in [6, 6.07) is 6.82. The molecule has 1 rings (SSSR count). The molecule has 8 heteroatoms. The van der Waals surface area contributed by atoms with Crippen molar-refractivity contribution in [2.45, 2.75) is 24.2 Å². The van der Waals surface area contributed by atoms with E-state index in [0.29, 0.717) is 17.9 Å². The number of carboxylic acids is 1. The summed E-state index contributed by atoms with van der Waals surface area (Å²) in [6.07, 6.45) is 0.651. The second-order valence-electron chi connectivity index (χ2n) is 4.44. The van der Waals surface area contributed by atoms with Crippen LogP contribution in [0.5, 0.6) is 0 Å². The van der Waals surface area contributed by atoms with Gasteiger partial charge < -0.3 is 21.5 Å². The summed E-state index contributed by atoms with van der Waals surface area (Å²) in [5, 5.41) is 13.8. The van der Waals surface area contributed by atoms with Gasteiger partial charge in [0.2, 0.25) is 5.91 Å². The molecule has 0 saturated carbocycles. The second-order valence-corrected chi connectivity index (χ2v) is 5.58. The van der Waals surface area contributed by atoms with Crippen molar-refractivity contribution < 1.29 is 19.5 Å². The second kappa shape index (κ2) is 9.67. The van der Waals surface area contributed by atoms with Crippen LogP contribution in [-0.2, 0) is 9.59 Å². The third-order valence-electron chi connectivity index (χ3n) is 2.59. The number of benzene rings is 1. The first-order valence-electron chi connectivity index (χ1n) is 6.76. The normalized spacial score (nSPS) is 10.0. The van der Waals surface area contributed by atoms with Crippen molar-refractivity contribution in [1.29, 1.82) is 0 Å². The van der Waals surface area contributed by atoms with Gasteiger partial charge in [0.05, 0.1) is 5.69 Å². The molecule has 0 unspecified atom stereocenters. The maximum Gasteiger partial charge on any atom is 0.319 e. The highest BCUT2D eigenvalue weighted by atomic mass is 32.2. The fourth-order valence-corrected chi connectivity index (χ4v) is 2.54. The van der Waals surface area contributed by atoms with E-state index in [2.05, 4.69) is 10.6 Å². The third kappa shape index (κ3) is 7.53. The number of carbonyl (C=O) groups excluding carboxylic acids is 2. The lowest BCUT2D eigenvalue weighted by molar-refractivity contribution is -0.137. The van der Waals surface area contributed by atoms with Gasteiger partial charge in [0.1, 0.15) is 0 Å². The maximum absolute atomic E-state index is 11.7. The molecule has 0 aliphatic carbocycles. The van der Waals surface area contributed by atoms with Crippen LogP contribution in [0.3, 0.4) is 0 Å². The fourth-order valence-electron chi connectivity index (χ4n) is 1.57. The molecule has 0 aliphatic heterocycles. The first-order valence-corrected chi connectivity index (χ1v) is 7.74. The molecule has 0 aromatic heterocycles. The van der Waals surface area contributed by atoms with Gasteiger partial charge in [0.15, 0.2) is 0 Å². The highest BCUT2D eigenvalue weighted by Gasteiger charge is 2.07. The summed E-state index contributed by atoms with van der Waals surface area (Å²) in [5.74, 6) is -0.721. The lowest BCUT2D eigenvalue weighted by Gasteiger charge is -2.11. The molecule has 0 fully saturated rings. The number of nitrogens with two attached hydrogens (primary N) is 1. The molecule has 120 valence electrons. The van der Waals surface area contributed by atoms with Crippen LogP contribution in [0.4, 0.5) is 10.5 Å². The molecule has 0 radical (unpaired) electrons. The van der Waals surface area contributed by atoms with Crippen LogP contribution in [0.15, 0.2) is 29.2 Å². The molecule has 3 amide bonds. The Balaban J connectivity index is 2.45. The lowest BCUT2D eigenvalue weighted by Crippen LogP contribution is -2.30. The van der Waals surface area contributed by atoms with Crippen LogP contribution in [0.1, 0.15) is 19.3 Å². The van der Waals surface area contributed by atoms with Gasteiger partial charge in [-0.1, -0.05) is 12.1 Å². The minimum absolute atomic E-state index is 0.0137. The largest absolute Gasteiger partial charge is 0.481 e. The number of thioether (sulfide) groups is 1. The number of carbonyl (C=O) groups is 3. The zero-order chi connectivity index (χ0) is 16.4. The Labute approximate surface area is 132 Å². The van der Waals surface area contributed by atoms with E-state index >= 15 is 0 Å². The van der Waals surface area contributed by atoms with Crippen molar-refractivity contribution in [2.24, 2.45) is 5.73 Å². The number of aliphatic carboxylic acids is 1. The van der Waals surface area contributed by atoms with Gasteiger partial charge in [-0.15, -0.1) is 11.8 Å². The van der Waals surface area contributed by atoms with E-state index in [1.165, 1.54) is 11.8 Å². The minimum Gasteiger partial charge on any atom is -0.481 e. The minimum atomic E-state index is -0.890. The quantitative estimate of drug-likeness (QED) is 0.406. The lowest BCUT2D eigenvalue weighted by atomic mass is 10.3. The average Bonchev–Trinajstić information content (AvgIpc) is 2.45. The Morgan fingerprint density at radius 2 is 1.91 bits per heavy atom. The predicted octanol–water partition coefficient (Wildman–Crippen LogP) is 1.64. The summed E-state index contributed by atoms with van der Waals surface area (Å²) >= 11 is 1.43. The number of rotatable bonds is 9. The highest BCUT2D eigenvalue weighted by molar-refractivity contribution is 7.99. The van der Waals surface area contributed by atoms with Crippen LogP contribution in [0, 0.1) is 0 Å². The zero-order valence-corrected chi connectivity index (χ0v) is 12.8. The van der Waals surface area contributed by atoms with Crippen molar-refractivity contribution in [1.82, 2.24) is 5.32 Å². The zero-order valence-electron chi connectivity index (χ0n) is 12.0. The molecule has 0 saturated heterocycles. The Morgan fingerprint density at radius 1 is 1.18 bits per heavy atom. The van der Waals surface area contributed by atoms with E-state index in [0.717, 1.165) is 4.90 Å². The van der Waals surface area contributed by atoms with Gasteiger partial charge in [-0.3, -0.25) is 9.59 Å². The van der Waals surface area contributed by atoms with E-state index in [1.807, 2.05) is 12.1 Å². The highest BCUT2D eigenvalue weighted by Crippen LogP contribution is 2.27. The van der Waals surface area contributed by atoms with Gasteiger partial charge in [-0.2, -0.15) is 0 Å². The number of nitrogens with one attached hydrogen (secondary N) is 2. The van der Waals surface area contributed by atoms with Crippen LogP contribution in [-0.4, -0.2) is 35.3 Å². The smallest absolute Gasteiger partial charge is 0.319 e. The number of para-hydroxylation sites is 1. The Kier molecular flexibility index (Phi) is 7.84. The third-order valence-corrected chi connectivity index (χ3v) is 3.67. The molecule has 0 bridgehead atoms. The van der Waals surface area contributed by atoms with Gasteiger partial charge >= 0.3 is 12.0 Å². The molecule has 0 spiro atoms. The van der Waals surface area contributed by atoms with Crippen LogP contribution in [0.2, 0.25) is 0 Å². The van der Waals surface area contributed by atoms with Crippen LogP contribution < -0.4 is 16.4 Å². The number of amides is 3. The summed E-state index contributed by atoms with van der Waals surface area (Å²) in [7, 11) is 0. The molecule has 7 nitrogen and oxygen atoms in total. The van der Waals surface area contributed by atoms with E-state index in [4.69, 9.17) is 10.8 Å². The monoisotopic (exact) mass is 325 g/mol. The van der Waals surface area contributed by atoms with Crippen LogP contribution in [0.25, 0.3) is 0 Å². The Hall–Kier alpha value is -2.22. The number of primary amides is 1. The van der Waals surface area contributed by atoms with Crippen molar-refractivity contribution in [3.05, 3.63) is 24.3 Å². The fraction of sp³-hybridized carbons (Fsp3) is 0.357.